The minimum absolute atomic E-state index is 0.300. The third-order valence-corrected chi connectivity index (χ3v) is 11.5. The maximum atomic E-state index is 12.7. The first kappa shape index (κ1) is 35.8. The molecule has 2 aliphatic heterocycles. The van der Waals surface area contributed by atoms with Crippen molar-refractivity contribution in [3.63, 3.8) is 0 Å². The summed E-state index contributed by atoms with van der Waals surface area (Å²) in [5.74, 6) is 0. The number of thiophene rings is 1. The molecule has 2 atom stereocenters. The van der Waals surface area contributed by atoms with E-state index < -0.39 is 0 Å². The van der Waals surface area contributed by atoms with Crippen molar-refractivity contribution in [3.8, 4) is 21.7 Å². The number of pyridine rings is 1. The summed E-state index contributed by atoms with van der Waals surface area (Å²) in [6.07, 6.45) is 6.45. The number of benzene rings is 2. The SMILES string of the molecule is C[C@@H]1CN(c2ccc3cc(-c4cc5cnccc5s4)c(=O)oc3c2)C[C@H](C)N1.Cc1ccc2nc(-c3cc4ccc(N5CCCNCC5)cc4oc3=O)cn2n1. The number of aryl methyl sites for hydroxylation is 1. The standard InChI is InChI=1S/C22H21N3O2S.C21H21N5O2/c1-13-11-25(12-14(2)24-13)17-4-3-15-7-18(22(26)27-19(15)9-17)21-8-16-10-23-6-5-20(16)28-21;1-14-3-6-20-23-18(13-26(20)24-14)17-11-15-4-5-16(12-19(15)28-21(17)27)25-9-2-7-22-8-10-25/h3-10,13-14,24H,11-12H2,1-2H3;3-6,11-13,22H,2,7-10H2,1H3/t13-,14+;. The molecule has 12 nitrogen and oxygen atoms in total. The van der Waals surface area contributed by atoms with Gasteiger partial charge in [0.25, 0.3) is 0 Å². The molecular formula is C43H42N8O4S. The Balaban J connectivity index is 0.000000146. The fraction of sp³-hybridized carbons (Fsp3) is 0.279. The molecule has 2 aromatic carbocycles. The summed E-state index contributed by atoms with van der Waals surface area (Å²) in [5.41, 5.74) is 5.92. The molecule has 6 aromatic heterocycles. The molecule has 0 unspecified atom stereocenters. The number of nitrogens with one attached hydrogen (secondary N) is 2. The average Bonchev–Trinajstić information content (AvgIpc) is 3.71. The normalized spacial score (nSPS) is 17.7. The van der Waals surface area contributed by atoms with Crippen LogP contribution in [0.2, 0.25) is 0 Å². The summed E-state index contributed by atoms with van der Waals surface area (Å²) < 4.78 is 14.2. The van der Waals surface area contributed by atoms with Crippen molar-refractivity contribution < 1.29 is 8.83 Å². The van der Waals surface area contributed by atoms with E-state index in [4.69, 9.17) is 8.83 Å². The number of aromatic nitrogens is 4. The van der Waals surface area contributed by atoms with E-state index in [0.29, 0.717) is 45.7 Å². The first-order valence-corrected chi connectivity index (χ1v) is 19.9. The Morgan fingerprint density at radius 1 is 0.768 bits per heavy atom. The maximum Gasteiger partial charge on any atom is 0.345 e. The topological polar surface area (TPSA) is 134 Å². The summed E-state index contributed by atoms with van der Waals surface area (Å²) >= 11 is 1.58. The molecule has 2 aliphatic rings. The Bertz CT molecular complexity index is 2790. The number of piperazine rings is 1. The second-order valence-electron chi connectivity index (χ2n) is 14.7. The van der Waals surface area contributed by atoms with Crippen LogP contribution < -0.4 is 31.7 Å². The van der Waals surface area contributed by atoms with Gasteiger partial charge in [0.05, 0.1) is 28.7 Å². The summed E-state index contributed by atoms with van der Waals surface area (Å²) in [6, 6.07) is 24.6. The zero-order valence-electron chi connectivity index (χ0n) is 31.5. The van der Waals surface area contributed by atoms with E-state index in [-0.39, 0.29) is 11.3 Å². The summed E-state index contributed by atoms with van der Waals surface area (Å²) in [4.78, 5) is 39.6. The number of nitrogens with zero attached hydrogens (tertiary/aromatic N) is 6. The van der Waals surface area contributed by atoms with Crippen molar-refractivity contribution in [2.75, 3.05) is 49.1 Å². The van der Waals surface area contributed by atoms with Crippen LogP contribution in [-0.4, -0.2) is 70.9 Å². The van der Waals surface area contributed by atoms with Gasteiger partial charge in [-0.3, -0.25) is 4.98 Å². The van der Waals surface area contributed by atoms with Gasteiger partial charge in [0, 0.05) is 106 Å². The maximum absolute atomic E-state index is 12.7. The highest BCUT2D eigenvalue weighted by atomic mass is 32.1. The van der Waals surface area contributed by atoms with Crippen molar-refractivity contribution in [1.82, 2.24) is 30.2 Å². The smallest absolute Gasteiger partial charge is 0.345 e. The first-order valence-electron chi connectivity index (χ1n) is 19.0. The predicted octanol–water partition coefficient (Wildman–Crippen LogP) is 6.87. The van der Waals surface area contributed by atoms with E-state index in [1.54, 1.807) is 28.2 Å². The Labute approximate surface area is 326 Å². The summed E-state index contributed by atoms with van der Waals surface area (Å²) in [6.45, 7) is 12.1. The van der Waals surface area contributed by atoms with Crippen LogP contribution in [0.5, 0.6) is 0 Å². The van der Waals surface area contributed by atoms with E-state index in [2.05, 4.69) is 61.5 Å². The fourth-order valence-corrected chi connectivity index (χ4v) is 8.74. The highest BCUT2D eigenvalue weighted by Gasteiger charge is 2.22. The van der Waals surface area contributed by atoms with Crippen LogP contribution in [0.15, 0.2) is 110 Å². The zero-order chi connectivity index (χ0) is 38.3. The molecule has 0 spiro atoms. The van der Waals surface area contributed by atoms with Crippen LogP contribution in [0.3, 0.4) is 0 Å². The van der Waals surface area contributed by atoms with Gasteiger partial charge in [-0.2, -0.15) is 5.10 Å². The van der Waals surface area contributed by atoms with Crippen LogP contribution in [-0.2, 0) is 0 Å². The van der Waals surface area contributed by atoms with E-state index in [1.165, 1.54) is 0 Å². The molecule has 0 amide bonds. The molecule has 284 valence electrons. The molecule has 13 heteroatoms. The zero-order valence-corrected chi connectivity index (χ0v) is 32.3. The average molecular weight is 767 g/mol. The van der Waals surface area contributed by atoms with Crippen molar-refractivity contribution in [2.45, 2.75) is 39.3 Å². The lowest BCUT2D eigenvalue weighted by atomic mass is 10.1. The Kier molecular flexibility index (Phi) is 9.57. The van der Waals surface area contributed by atoms with Crippen LogP contribution in [0.25, 0.3) is 59.4 Å². The number of hydrogen-bond acceptors (Lipinski definition) is 12. The quantitative estimate of drug-likeness (QED) is 0.182. The monoisotopic (exact) mass is 766 g/mol. The summed E-state index contributed by atoms with van der Waals surface area (Å²) in [7, 11) is 0. The van der Waals surface area contributed by atoms with Gasteiger partial charge < -0.3 is 29.3 Å². The molecule has 56 heavy (non-hydrogen) atoms. The number of hydrogen-bond donors (Lipinski definition) is 2. The van der Waals surface area contributed by atoms with E-state index in [0.717, 1.165) is 88.5 Å². The highest BCUT2D eigenvalue weighted by molar-refractivity contribution is 7.22. The van der Waals surface area contributed by atoms with Gasteiger partial charge in [0.15, 0.2) is 5.65 Å². The second-order valence-corrected chi connectivity index (χ2v) is 15.8. The van der Waals surface area contributed by atoms with Gasteiger partial charge in [0.1, 0.15) is 11.2 Å². The van der Waals surface area contributed by atoms with Gasteiger partial charge in [-0.25, -0.2) is 19.1 Å². The van der Waals surface area contributed by atoms with Crippen LogP contribution in [0, 0.1) is 6.92 Å². The number of fused-ring (bicyclic) bond motifs is 4. The lowest BCUT2D eigenvalue weighted by molar-refractivity contribution is 0.407. The number of anilines is 2. The van der Waals surface area contributed by atoms with Gasteiger partial charge in [-0.15, -0.1) is 11.3 Å². The van der Waals surface area contributed by atoms with Crippen LogP contribution in [0.4, 0.5) is 11.4 Å². The van der Waals surface area contributed by atoms with Crippen molar-refractivity contribution >= 4 is 60.4 Å². The lowest BCUT2D eigenvalue weighted by Crippen LogP contribution is -2.54. The third-order valence-electron chi connectivity index (χ3n) is 10.4. The molecule has 0 saturated carbocycles. The van der Waals surface area contributed by atoms with Crippen LogP contribution in [0.1, 0.15) is 26.0 Å². The Hall–Kier alpha value is -5.89. The lowest BCUT2D eigenvalue weighted by Gasteiger charge is -2.37. The molecule has 8 heterocycles. The predicted molar refractivity (Wildman–Crippen MR) is 224 cm³/mol. The van der Waals surface area contributed by atoms with Crippen molar-refractivity contribution in [3.05, 3.63) is 118 Å². The van der Waals surface area contributed by atoms with E-state index in [1.807, 2.05) is 73.8 Å². The second kappa shape index (κ2) is 15.0. The molecule has 2 saturated heterocycles. The minimum atomic E-state index is -0.387. The Morgan fingerprint density at radius 3 is 2.23 bits per heavy atom. The van der Waals surface area contributed by atoms with Crippen molar-refractivity contribution in [1.29, 1.82) is 0 Å². The van der Waals surface area contributed by atoms with Crippen LogP contribution >= 0.6 is 11.3 Å². The van der Waals surface area contributed by atoms with Gasteiger partial charge in [-0.1, -0.05) is 0 Å². The largest absolute Gasteiger partial charge is 0.422 e. The fourth-order valence-electron chi connectivity index (χ4n) is 7.71. The molecule has 2 fully saturated rings. The van der Waals surface area contributed by atoms with E-state index in [9.17, 15) is 9.59 Å². The number of imidazole rings is 1. The highest BCUT2D eigenvalue weighted by Crippen LogP contribution is 2.33. The Morgan fingerprint density at radius 2 is 1.48 bits per heavy atom. The van der Waals surface area contributed by atoms with Crippen molar-refractivity contribution in [2.24, 2.45) is 0 Å². The molecule has 0 bridgehead atoms. The third kappa shape index (κ3) is 7.28. The number of rotatable bonds is 4. The first-order chi connectivity index (χ1) is 27.2. The van der Waals surface area contributed by atoms with Gasteiger partial charge in [0.2, 0.25) is 0 Å². The molecular weight excluding hydrogens is 725 g/mol. The van der Waals surface area contributed by atoms with E-state index >= 15 is 0 Å². The van der Waals surface area contributed by atoms with Gasteiger partial charge in [-0.05, 0) is 94.4 Å². The molecule has 10 rings (SSSR count). The minimum Gasteiger partial charge on any atom is -0.422 e. The molecule has 0 radical (unpaired) electrons. The molecule has 8 aromatic rings. The molecule has 2 N–H and O–H groups in total. The van der Waals surface area contributed by atoms with Gasteiger partial charge >= 0.3 is 11.3 Å². The summed E-state index contributed by atoms with van der Waals surface area (Å²) in [5, 5.41) is 14.2. The molecule has 0 aliphatic carbocycles.